The van der Waals surface area contributed by atoms with E-state index >= 15 is 0 Å². The Morgan fingerprint density at radius 1 is 1.22 bits per heavy atom. The summed E-state index contributed by atoms with van der Waals surface area (Å²) in [5.74, 6) is -0.515. The molecule has 3 rings (SSSR count). The van der Waals surface area contributed by atoms with Crippen molar-refractivity contribution in [3.63, 3.8) is 0 Å². The van der Waals surface area contributed by atoms with Crippen LogP contribution >= 0.6 is 11.6 Å². The molecule has 1 fully saturated rings. The Bertz CT molecular complexity index is 702. The molecule has 0 radical (unpaired) electrons. The standard InChI is InChI=1S/C16H19ClFN3O2/c17-13-5-4-6-14(18)12(13)11-15-19-23-16(22)21(15)10-9-20-7-2-1-3-8-20/h4-6H,1-3,7-11H2. The molecule has 2 heterocycles. The molecule has 0 amide bonds. The van der Waals surface area contributed by atoms with Crippen LogP contribution in [0.3, 0.4) is 0 Å². The molecular formula is C16H19ClFN3O2. The van der Waals surface area contributed by atoms with Crippen molar-refractivity contribution >= 4 is 11.6 Å². The zero-order valence-electron chi connectivity index (χ0n) is 12.8. The molecule has 1 aliphatic heterocycles. The third-order valence-corrected chi connectivity index (χ3v) is 4.60. The second-order valence-corrected chi connectivity index (χ2v) is 6.20. The highest BCUT2D eigenvalue weighted by Crippen LogP contribution is 2.21. The number of aromatic nitrogens is 2. The van der Waals surface area contributed by atoms with E-state index in [0.717, 1.165) is 19.6 Å². The summed E-state index contributed by atoms with van der Waals surface area (Å²) in [6.45, 7) is 3.35. The van der Waals surface area contributed by atoms with E-state index in [2.05, 4.69) is 10.1 Å². The van der Waals surface area contributed by atoms with Crippen LogP contribution in [0.2, 0.25) is 5.02 Å². The van der Waals surface area contributed by atoms with Gasteiger partial charge in [0, 0.05) is 30.1 Å². The highest BCUT2D eigenvalue weighted by atomic mass is 35.5. The molecule has 0 aliphatic carbocycles. The molecule has 1 aromatic heterocycles. The van der Waals surface area contributed by atoms with Crippen molar-refractivity contribution in [1.29, 1.82) is 0 Å². The van der Waals surface area contributed by atoms with E-state index in [1.807, 2.05) is 0 Å². The Morgan fingerprint density at radius 2 is 2.00 bits per heavy atom. The summed E-state index contributed by atoms with van der Waals surface area (Å²) in [6, 6.07) is 4.51. The number of nitrogens with zero attached hydrogens (tertiary/aromatic N) is 3. The van der Waals surface area contributed by atoms with Crippen molar-refractivity contribution in [3.8, 4) is 0 Å². The number of rotatable bonds is 5. The number of hydrogen-bond acceptors (Lipinski definition) is 4. The van der Waals surface area contributed by atoms with E-state index in [9.17, 15) is 9.18 Å². The average molecular weight is 340 g/mol. The topological polar surface area (TPSA) is 51.3 Å². The van der Waals surface area contributed by atoms with Crippen molar-refractivity contribution in [2.75, 3.05) is 19.6 Å². The molecule has 124 valence electrons. The summed E-state index contributed by atoms with van der Waals surface area (Å²) in [4.78, 5) is 14.2. The molecule has 0 atom stereocenters. The summed E-state index contributed by atoms with van der Waals surface area (Å²) in [5, 5.41) is 4.11. The SMILES string of the molecule is O=c1onc(Cc2c(F)cccc2Cl)n1CCN1CCCCC1. The van der Waals surface area contributed by atoms with Gasteiger partial charge in [0.25, 0.3) is 0 Å². The van der Waals surface area contributed by atoms with E-state index in [1.54, 1.807) is 12.1 Å². The molecule has 0 bridgehead atoms. The second-order valence-electron chi connectivity index (χ2n) is 5.80. The largest absolute Gasteiger partial charge is 0.441 e. The maximum Gasteiger partial charge on any atom is 0.441 e. The number of hydrogen-bond donors (Lipinski definition) is 0. The Balaban J connectivity index is 1.74. The summed E-state index contributed by atoms with van der Waals surface area (Å²) in [6.07, 6.45) is 3.78. The Labute approximate surface area is 138 Å². The lowest BCUT2D eigenvalue weighted by molar-refractivity contribution is 0.218. The number of halogens is 2. The van der Waals surface area contributed by atoms with E-state index in [4.69, 9.17) is 16.1 Å². The molecule has 1 aliphatic rings. The van der Waals surface area contributed by atoms with E-state index < -0.39 is 11.6 Å². The van der Waals surface area contributed by atoms with Crippen LogP contribution in [0.25, 0.3) is 0 Å². The van der Waals surface area contributed by atoms with Gasteiger partial charge in [-0.2, -0.15) is 0 Å². The van der Waals surface area contributed by atoms with Gasteiger partial charge >= 0.3 is 5.76 Å². The van der Waals surface area contributed by atoms with Gasteiger partial charge in [-0.3, -0.25) is 9.09 Å². The lowest BCUT2D eigenvalue weighted by Gasteiger charge is -2.26. The van der Waals surface area contributed by atoms with Gasteiger partial charge in [-0.1, -0.05) is 29.2 Å². The molecule has 0 saturated carbocycles. The number of piperidine rings is 1. The minimum absolute atomic E-state index is 0.136. The van der Waals surface area contributed by atoms with Crippen molar-refractivity contribution < 1.29 is 8.91 Å². The molecule has 0 spiro atoms. The highest BCUT2D eigenvalue weighted by molar-refractivity contribution is 6.31. The first-order chi connectivity index (χ1) is 11.1. The van der Waals surface area contributed by atoms with Crippen LogP contribution in [0.5, 0.6) is 0 Å². The van der Waals surface area contributed by atoms with Crippen molar-refractivity contribution in [1.82, 2.24) is 14.6 Å². The molecule has 7 heteroatoms. The first-order valence-corrected chi connectivity index (χ1v) is 8.23. The number of likely N-dealkylation sites (tertiary alicyclic amines) is 1. The van der Waals surface area contributed by atoms with Gasteiger partial charge in [0.2, 0.25) is 0 Å². The Morgan fingerprint density at radius 3 is 2.74 bits per heavy atom. The lowest BCUT2D eigenvalue weighted by atomic mass is 10.1. The molecule has 1 saturated heterocycles. The predicted octanol–water partition coefficient (Wildman–Crippen LogP) is 2.71. The summed E-state index contributed by atoms with van der Waals surface area (Å²) >= 11 is 6.04. The van der Waals surface area contributed by atoms with Crippen LogP contribution < -0.4 is 5.76 Å². The maximum absolute atomic E-state index is 13.9. The predicted molar refractivity (Wildman–Crippen MR) is 85.3 cm³/mol. The van der Waals surface area contributed by atoms with Crippen LogP contribution in [0.1, 0.15) is 30.7 Å². The fourth-order valence-corrected chi connectivity index (χ4v) is 3.16. The molecule has 23 heavy (non-hydrogen) atoms. The number of benzene rings is 1. The van der Waals surface area contributed by atoms with Gasteiger partial charge in [0.05, 0.1) is 0 Å². The molecule has 0 unspecified atom stereocenters. The van der Waals surface area contributed by atoms with Gasteiger partial charge in [0.1, 0.15) is 5.82 Å². The fourth-order valence-electron chi connectivity index (χ4n) is 2.93. The average Bonchev–Trinajstić information content (AvgIpc) is 2.90. The first-order valence-electron chi connectivity index (χ1n) is 7.86. The van der Waals surface area contributed by atoms with E-state index in [-0.39, 0.29) is 6.42 Å². The van der Waals surface area contributed by atoms with E-state index in [0.29, 0.717) is 23.0 Å². The van der Waals surface area contributed by atoms with Crippen LogP contribution in [-0.4, -0.2) is 34.3 Å². The maximum atomic E-state index is 13.9. The van der Waals surface area contributed by atoms with E-state index in [1.165, 1.54) is 29.9 Å². The molecule has 0 N–H and O–H groups in total. The van der Waals surface area contributed by atoms with Crippen LogP contribution in [-0.2, 0) is 13.0 Å². The molecule has 5 nitrogen and oxygen atoms in total. The van der Waals surface area contributed by atoms with Gasteiger partial charge in [-0.25, -0.2) is 9.18 Å². The van der Waals surface area contributed by atoms with Crippen molar-refractivity contribution in [3.05, 3.63) is 51.0 Å². The molecule has 2 aromatic rings. The third kappa shape index (κ3) is 3.82. The van der Waals surface area contributed by atoms with Crippen LogP contribution in [0.15, 0.2) is 27.5 Å². The van der Waals surface area contributed by atoms with Crippen molar-refractivity contribution in [2.45, 2.75) is 32.2 Å². The third-order valence-electron chi connectivity index (χ3n) is 4.25. The second kappa shape index (κ2) is 7.27. The minimum atomic E-state index is -0.510. The van der Waals surface area contributed by atoms with Crippen LogP contribution in [0, 0.1) is 5.82 Å². The normalized spacial score (nSPS) is 15.9. The summed E-state index contributed by atoms with van der Waals surface area (Å²) in [7, 11) is 0. The van der Waals surface area contributed by atoms with Crippen molar-refractivity contribution in [2.24, 2.45) is 0 Å². The quantitative estimate of drug-likeness (QED) is 0.840. The smallest absolute Gasteiger partial charge is 0.302 e. The zero-order valence-corrected chi connectivity index (χ0v) is 13.6. The van der Waals surface area contributed by atoms with Gasteiger partial charge in [0.15, 0.2) is 5.82 Å². The van der Waals surface area contributed by atoms with Gasteiger partial charge < -0.3 is 4.90 Å². The van der Waals surface area contributed by atoms with Gasteiger partial charge in [-0.15, -0.1) is 0 Å². The Kier molecular flexibility index (Phi) is 5.13. The fraction of sp³-hybridized carbons (Fsp3) is 0.500. The first kappa shape index (κ1) is 16.2. The summed E-state index contributed by atoms with van der Waals surface area (Å²) in [5.41, 5.74) is 0.328. The monoisotopic (exact) mass is 339 g/mol. The lowest BCUT2D eigenvalue weighted by Crippen LogP contribution is -2.34. The zero-order chi connectivity index (χ0) is 16.2. The van der Waals surface area contributed by atoms with Crippen LogP contribution in [0.4, 0.5) is 4.39 Å². The highest BCUT2D eigenvalue weighted by Gasteiger charge is 2.17. The molecule has 1 aromatic carbocycles. The minimum Gasteiger partial charge on any atom is -0.302 e. The van der Waals surface area contributed by atoms with Gasteiger partial charge in [-0.05, 0) is 38.1 Å². The Hall–Kier alpha value is -1.66. The molecular weight excluding hydrogens is 321 g/mol. The summed E-state index contributed by atoms with van der Waals surface area (Å²) < 4.78 is 20.1.